The first-order valence-electron chi connectivity index (χ1n) is 4.21. The van der Waals surface area contributed by atoms with E-state index in [0.29, 0.717) is 0 Å². The van der Waals surface area contributed by atoms with Gasteiger partial charge in [0.15, 0.2) is 0 Å². The summed E-state index contributed by atoms with van der Waals surface area (Å²) in [4.78, 5) is 2.13. The summed E-state index contributed by atoms with van der Waals surface area (Å²) < 4.78 is 0. The minimum absolute atomic E-state index is 0.168. The lowest BCUT2D eigenvalue weighted by Gasteiger charge is -2.37. The molecule has 11 heavy (non-hydrogen) atoms. The summed E-state index contributed by atoms with van der Waals surface area (Å²) in [5.74, 6) is 0.277. The van der Waals surface area contributed by atoms with Gasteiger partial charge < -0.3 is 15.1 Å². The first kappa shape index (κ1) is 8.97. The van der Waals surface area contributed by atoms with Gasteiger partial charge in [-0.05, 0) is 32.4 Å². The van der Waals surface area contributed by atoms with Crippen molar-refractivity contribution < 1.29 is 10.2 Å². The highest BCUT2D eigenvalue weighted by Crippen LogP contribution is 2.21. The number of nitrogens with zero attached hydrogens (tertiary/aromatic N) is 1. The lowest BCUT2D eigenvalue weighted by atomic mass is 9.91. The van der Waals surface area contributed by atoms with Crippen molar-refractivity contribution in [1.82, 2.24) is 4.90 Å². The summed E-state index contributed by atoms with van der Waals surface area (Å²) in [5.41, 5.74) is 0. The third kappa shape index (κ3) is 1.92. The topological polar surface area (TPSA) is 43.7 Å². The zero-order valence-corrected chi connectivity index (χ0v) is 7.03. The van der Waals surface area contributed by atoms with Crippen LogP contribution in [0.5, 0.6) is 0 Å². The van der Waals surface area contributed by atoms with Crippen LogP contribution >= 0.6 is 0 Å². The Hall–Kier alpha value is -0.120. The minimum atomic E-state index is 0.168. The molecule has 0 aromatic rings. The molecule has 2 N–H and O–H groups in total. The SMILES string of the molecule is CN1CCCC(CO)C1CO. The molecule has 0 aromatic heterocycles. The van der Waals surface area contributed by atoms with E-state index in [1.807, 2.05) is 7.05 Å². The molecule has 1 saturated heterocycles. The van der Waals surface area contributed by atoms with Gasteiger partial charge in [-0.2, -0.15) is 0 Å². The highest BCUT2D eigenvalue weighted by molar-refractivity contribution is 4.81. The van der Waals surface area contributed by atoms with E-state index in [-0.39, 0.29) is 25.2 Å². The number of likely N-dealkylation sites (N-methyl/N-ethyl adjacent to an activating group) is 1. The lowest BCUT2D eigenvalue weighted by Crippen LogP contribution is -2.46. The second-order valence-corrected chi connectivity index (χ2v) is 3.32. The molecule has 1 heterocycles. The Labute approximate surface area is 67.6 Å². The molecule has 1 aliphatic rings. The van der Waals surface area contributed by atoms with E-state index in [0.717, 1.165) is 19.4 Å². The maximum atomic E-state index is 9.01. The number of aliphatic hydroxyl groups excluding tert-OH is 2. The molecule has 0 bridgehead atoms. The molecule has 0 aromatic carbocycles. The Kier molecular flexibility index (Phi) is 3.30. The second kappa shape index (κ2) is 4.04. The molecule has 1 aliphatic heterocycles. The van der Waals surface area contributed by atoms with Crippen LogP contribution in [0.15, 0.2) is 0 Å². The predicted octanol–water partition coefficient (Wildman–Crippen LogP) is -0.319. The molecule has 0 saturated carbocycles. The first-order chi connectivity index (χ1) is 5.29. The zero-order valence-electron chi connectivity index (χ0n) is 7.03. The normalized spacial score (nSPS) is 34.1. The molecule has 3 nitrogen and oxygen atoms in total. The number of hydrogen-bond donors (Lipinski definition) is 2. The van der Waals surface area contributed by atoms with Gasteiger partial charge in [0.2, 0.25) is 0 Å². The van der Waals surface area contributed by atoms with Crippen LogP contribution in [0.1, 0.15) is 12.8 Å². The Morgan fingerprint density at radius 3 is 2.55 bits per heavy atom. The summed E-state index contributed by atoms with van der Waals surface area (Å²) in [6.45, 7) is 1.42. The van der Waals surface area contributed by atoms with Crippen molar-refractivity contribution in [3.63, 3.8) is 0 Å². The monoisotopic (exact) mass is 159 g/mol. The number of aliphatic hydroxyl groups is 2. The van der Waals surface area contributed by atoms with Gasteiger partial charge in [0, 0.05) is 12.6 Å². The molecular formula is C8H17NO2. The van der Waals surface area contributed by atoms with Crippen LogP contribution in [-0.2, 0) is 0 Å². The van der Waals surface area contributed by atoms with Gasteiger partial charge in [0.05, 0.1) is 6.61 Å². The molecule has 0 radical (unpaired) electrons. The summed E-state index contributed by atoms with van der Waals surface area (Å²) in [7, 11) is 2.00. The lowest BCUT2D eigenvalue weighted by molar-refractivity contribution is 0.0369. The largest absolute Gasteiger partial charge is 0.396 e. The summed E-state index contributed by atoms with van der Waals surface area (Å²) in [6, 6.07) is 0.175. The Morgan fingerprint density at radius 1 is 1.36 bits per heavy atom. The third-order valence-electron chi connectivity index (χ3n) is 2.62. The highest BCUT2D eigenvalue weighted by Gasteiger charge is 2.27. The Bertz CT molecular complexity index is 119. The van der Waals surface area contributed by atoms with Crippen molar-refractivity contribution in [3.05, 3.63) is 0 Å². The Morgan fingerprint density at radius 2 is 2.09 bits per heavy atom. The van der Waals surface area contributed by atoms with Crippen LogP contribution in [0.4, 0.5) is 0 Å². The first-order valence-corrected chi connectivity index (χ1v) is 4.21. The van der Waals surface area contributed by atoms with Crippen LogP contribution in [0.25, 0.3) is 0 Å². The molecule has 0 spiro atoms. The Balaban J connectivity index is 2.48. The fourth-order valence-corrected chi connectivity index (χ4v) is 1.82. The standard InChI is InChI=1S/C8H17NO2/c1-9-4-2-3-7(5-10)8(9)6-11/h7-8,10-11H,2-6H2,1H3. The van der Waals surface area contributed by atoms with E-state index >= 15 is 0 Å². The summed E-state index contributed by atoms with van der Waals surface area (Å²) in [6.07, 6.45) is 2.18. The van der Waals surface area contributed by atoms with Gasteiger partial charge in [0.25, 0.3) is 0 Å². The van der Waals surface area contributed by atoms with Crippen molar-refractivity contribution in [3.8, 4) is 0 Å². The van der Waals surface area contributed by atoms with Gasteiger partial charge in [-0.25, -0.2) is 0 Å². The number of likely N-dealkylation sites (tertiary alicyclic amines) is 1. The molecule has 0 amide bonds. The van der Waals surface area contributed by atoms with Gasteiger partial charge >= 0.3 is 0 Å². The molecule has 2 atom stereocenters. The van der Waals surface area contributed by atoms with Crippen molar-refractivity contribution >= 4 is 0 Å². The molecule has 1 rings (SSSR count). The fourth-order valence-electron chi connectivity index (χ4n) is 1.82. The van der Waals surface area contributed by atoms with Crippen LogP contribution in [-0.4, -0.2) is 48.0 Å². The molecule has 2 unspecified atom stereocenters. The highest BCUT2D eigenvalue weighted by atomic mass is 16.3. The fraction of sp³-hybridized carbons (Fsp3) is 1.00. The van der Waals surface area contributed by atoms with Gasteiger partial charge in [-0.15, -0.1) is 0 Å². The van der Waals surface area contributed by atoms with Gasteiger partial charge in [-0.1, -0.05) is 0 Å². The van der Waals surface area contributed by atoms with Crippen molar-refractivity contribution in [2.75, 3.05) is 26.8 Å². The summed E-state index contributed by atoms with van der Waals surface area (Å²) >= 11 is 0. The molecule has 1 fully saturated rings. The van der Waals surface area contributed by atoms with E-state index in [4.69, 9.17) is 10.2 Å². The number of piperidine rings is 1. The predicted molar refractivity (Wildman–Crippen MR) is 43.3 cm³/mol. The van der Waals surface area contributed by atoms with E-state index < -0.39 is 0 Å². The molecule has 3 heteroatoms. The van der Waals surface area contributed by atoms with E-state index in [2.05, 4.69) is 4.90 Å². The third-order valence-corrected chi connectivity index (χ3v) is 2.62. The van der Waals surface area contributed by atoms with Gasteiger partial charge in [-0.3, -0.25) is 0 Å². The van der Waals surface area contributed by atoms with Crippen molar-refractivity contribution in [1.29, 1.82) is 0 Å². The maximum Gasteiger partial charge on any atom is 0.0590 e. The average molecular weight is 159 g/mol. The molecule has 66 valence electrons. The second-order valence-electron chi connectivity index (χ2n) is 3.32. The van der Waals surface area contributed by atoms with Crippen molar-refractivity contribution in [2.24, 2.45) is 5.92 Å². The van der Waals surface area contributed by atoms with Crippen LogP contribution < -0.4 is 0 Å². The van der Waals surface area contributed by atoms with Crippen LogP contribution in [0.2, 0.25) is 0 Å². The van der Waals surface area contributed by atoms with Crippen LogP contribution in [0, 0.1) is 5.92 Å². The minimum Gasteiger partial charge on any atom is -0.396 e. The number of rotatable bonds is 2. The molecule has 0 aliphatic carbocycles. The van der Waals surface area contributed by atoms with E-state index in [1.54, 1.807) is 0 Å². The quantitative estimate of drug-likeness (QED) is 0.580. The average Bonchev–Trinajstić information content (AvgIpc) is 2.04. The summed E-state index contributed by atoms with van der Waals surface area (Å²) in [5, 5.41) is 18.0. The van der Waals surface area contributed by atoms with Crippen LogP contribution in [0.3, 0.4) is 0 Å². The van der Waals surface area contributed by atoms with Gasteiger partial charge in [0.1, 0.15) is 0 Å². The zero-order chi connectivity index (χ0) is 8.27. The number of hydrogen-bond acceptors (Lipinski definition) is 3. The smallest absolute Gasteiger partial charge is 0.0590 e. The van der Waals surface area contributed by atoms with E-state index in [1.165, 1.54) is 0 Å². The molecular weight excluding hydrogens is 142 g/mol. The van der Waals surface area contributed by atoms with Crippen molar-refractivity contribution in [2.45, 2.75) is 18.9 Å². The maximum absolute atomic E-state index is 9.01. The van der Waals surface area contributed by atoms with E-state index in [9.17, 15) is 0 Å².